The number of para-hydroxylation sites is 2. The topological polar surface area (TPSA) is 6.48 Å². The molecule has 0 N–H and O–H groups in total. The first-order valence-electron chi connectivity index (χ1n) is 4.62. The Morgan fingerprint density at radius 2 is 1.31 bits per heavy atom. The standard InChI is InChI=1S/C10H16N2Si/c1-11-9-7-5-6-8-10(9)12(2)13(11,3)4/h5-8H,1-4H3. The monoisotopic (exact) mass is 192 g/mol. The highest BCUT2D eigenvalue weighted by Crippen LogP contribution is 2.40. The Bertz CT molecular complexity index is 304. The van der Waals surface area contributed by atoms with E-state index in [1.54, 1.807) is 0 Å². The van der Waals surface area contributed by atoms with E-state index in [1.165, 1.54) is 11.4 Å². The Kier molecular flexibility index (Phi) is 1.67. The van der Waals surface area contributed by atoms with Crippen molar-refractivity contribution in [2.45, 2.75) is 13.1 Å². The number of hydrogen-bond acceptors (Lipinski definition) is 2. The molecule has 2 nitrogen and oxygen atoms in total. The van der Waals surface area contributed by atoms with Gasteiger partial charge in [-0.25, -0.2) is 0 Å². The van der Waals surface area contributed by atoms with Crippen LogP contribution in [-0.4, -0.2) is 22.5 Å². The molecule has 0 radical (unpaired) electrons. The number of nitrogens with zero attached hydrogens (tertiary/aromatic N) is 2. The molecule has 0 saturated carbocycles. The average Bonchev–Trinajstić information content (AvgIpc) is 2.30. The summed E-state index contributed by atoms with van der Waals surface area (Å²) in [5, 5.41) is 0. The van der Waals surface area contributed by atoms with E-state index in [-0.39, 0.29) is 0 Å². The molecule has 1 aliphatic rings. The molecule has 0 aromatic heterocycles. The molecule has 1 aromatic rings. The molecule has 1 heterocycles. The van der Waals surface area contributed by atoms with Crippen LogP contribution in [-0.2, 0) is 0 Å². The minimum Gasteiger partial charge on any atom is -0.382 e. The highest BCUT2D eigenvalue weighted by molar-refractivity contribution is 6.86. The Labute approximate surface area is 80.9 Å². The third-order valence-corrected chi connectivity index (χ3v) is 7.01. The van der Waals surface area contributed by atoms with E-state index in [2.05, 4.69) is 60.6 Å². The maximum absolute atomic E-state index is 2.45. The van der Waals surface area contributed by atoms with Gasteiger partial charge in [0, 0.05) is 0 Å². The van der Waals surface area contributed by atoms with E-state index in [9.17, 15) is 0 Å². The van der Waals surface area contributed by atoms with Crippen molar-refractivity contribution in [3.63, 3.8) is 0 Å². The number of rotatable bonds is 0. The summed E-state index contributed by atoms with van der Waals surface area (Å²) < 4.78 is 4.89. The molecule has 0 atom stereocenters. The molecule has 0 unspecified atom stereocenters. The summed E-state index contributed by atoms with van der Waals surface area (Å²) in [4.78, 5) is 0. The number of anilines is 2. The van der Waals surface area contributed by atoms with E-state index in [0.29, 0.717) is 0 Å². The molecule has 0 fully saturated rings. The molecule has 0 bridgehead atoms. The van der Waals surface area contributed by atoms with Gasteiger partial charge >= 0.3 is 0 Å². The van der Waals surface area contributed by atoms with E-state index in [1.807, 2.05) is 0 Å². The van der Waals surface area contributed by atoms with Crippen LogP contribution in [0, 0.1) is 0 Å². The van der Waals surface area contributed by atoms with Gasteiger partial charge in [0.15, 0.2) is 0 Å². The second-order valence-electron chi connectivity index (χ2n) is 4.10. The Morgan fingerprint density at radius 1 is 0.923 bits per heavy atom. The lowest BCUT2D eigenvalue weighted by molar-refractivity contribution is 1.23. The van der Waals surface area contributed by atoms with Gasteiger partial charge in [0.1, 0.15) is 0 Å². The first-order valence-corrected chi connectivity index (χ1v) is 7.51. The lowest BCUT2D eigenvalue weighted by Crippen LogP contribution is -2.54. The molecule has 1 aliphatic heterocycles. The zero-order valence-corrected chi connectivity index (χ0v) is 9.70. The highest BCUT2D eigenvalue weighted by atomic mass is 28.3. The number of hydrogen-bond donors (Lipinski definition) is 0. The number of fused-ring (bicyclic) bond motifs is 1. The SMILES string of the molecule is CN1c2ccccc2N(C)[Si]1(C)C. The Balaban J connectivity index is 2.57. The zero-order chi connectivity index (χ0) is 9.64. The maximum Gasteiger partial charge on any atom is 0.257 e. The third kappa shape index (κ3) is 0.999. The van der Waals surface area contributed by atoms with Crippen molar-refractivity contribution in [1.29, 1.82) is 0 Å². The third-order valence-electron chi connectivity index (χ3n) is 3.25. The molecule has 70 valence electrons. The van der Waals surface area contributed by atoms with E-state index in [4.69, 9.17) is 0 Å². The van der Waals surface area contributed by atoms with Crippen LogP contribution in [0.1, 0.15) is 0 Å². The van der Waals surface area contributed by atoms with Crippen molar-refractivity contribution in [2.24, 2.45) is 0 Å². The summed E-state index contributed by atoms with van der Waals surface area (Å²) in [6.07, 6.45) is 0. The van der Waals surface area contributed by atoms with Gasteiger partial charge in [0.2, 0.25) is 0 Å². The van der Waals surface area contributed by atoms with Crippen LogP contribution < -0.4 is 9.13 Å². The van der Waals surface area contributed by atoms with Gasteiger partial charge < -0.3 is 9.13 Å². The lowest BCUT2D eigenvalue weighted by Gasteiger charge is -2.33. The first kappa shape index (κ1) is 8.63. The summed E-state index contributed by atoms with van der Waals surface area (Å²) in [5.41, 5.74) is 2.75. The van der Waals surface area contributed by atoms with Crippen LogP contribution >= 0.6 is 0 Å². The van der Waals surface area contributed by atoms with Crippen molar-refractivity contribution < 1.29 is 0 Å². The van der Waals surface area contributed by atoms with Crippen LogP contribution in [0.5, 0.6) is 0 Å². The van der Waals surface area contributed by atoms with Crippen LogP contribution in [0.3, 0.4) is 0 Å². The fraction of sp³-hybridized carbons (Fsp3) is 0.400. The molecule has 0 amide bonds. The molecular weight excluding hydrogens is 176 g/mol. The van der Waals surface area contributed by atoms with Gasteiger partial charge in [-0.05, 0) is 39.3 Å². The van der Waals surface area contributed by atoms with Crippen LogP contribution in [0.2, 0.25) is 13.1 Å². The van der Waals surface area contributed by atoms with E-state index >= 15 is 0 Å². The van der Waals surface area contributed by atoms with Gasteiger partial charge in [-0.3, -0.25) is 0 Å². The van der Waals surface area contributed by atoms with E-state index < -0.39 is 8.40 Å². The Morgan fingerprint density at radius 3 is 1.69 bits per heavy atom. The van der Waals surface area contributed by atoms with Crippen molar-refractivity contribution in [1.82, 2.24) is 0 Å². The molecule has 2 rings (SSSR count). The summed E-state index contributed by atoms with van der Waals surface area (Å²) >= 11 is 0. The summed E-state index contributed by atoms with van der Waals surface area (Å²) in [6.45, 7) is 4.74. The summed E-state index contributed by atoms with van der Waals surface area (Å²) in [7, 11) is 3.02. The second kappa shape index (κ2) is 2.51. The smallest absolute Gasteiger partial charge is 0.257 e. The molecule has 0 saturated heterocycles. The minimum atomic E-state index is -1.38. The van der Waals surface area contributed by atoms with Crippen molar-refractivity contribution >= 4 is 19.8 Å². The van der Waals surface area contributed by atoms with Gasteiger partial charge in [0.25, 0.3) is 8.40 Å². The van der Waals surface area contributed by atoms with E-state index in [0.717, 1.165) is 0 Å². The predicted molar refractivity (Wildman–Crippen MR) is 60.7 cm³/mol. The van der Waals surface area contributed by atoms with Gasteiger partial charge in [-0.1, -0.05) is 12.1 Å². The van der Waals surface area contributed by atoms with Gasteiger partial charge in [-0.2, -0.15) is 0 Å². The predicted octanol–water partition coefficient (Wildman–Crippen LogP) is 2.27. The second-order valence-corrected chi connectivity index (χ2v) is 8.43. The van der Waals surface area contributed by atoms with Gasteiger partial charge in [-0.15, -0.1) is 0 Å². The van der Waals surface area contributed by atoms with Crippen molar-refractivity contribution in [3.05, 3.63) is 24.3 Å². The largest absolute Gasteiger partial charge is 0.382 e. The fourth-order valence-corrected chi connectivity index (χ4v) is 3.85. The molecular formula is C10H16N2Si. The first-order chi connectivity index (χ1) is 6.05. The van der Waals surface area contributed by atoms with Crippen LogP contribution in [0.4, 0.5) is 11.4 Å². The Hall–Kier alpha value is -0.963. The molecule has 3 heteroatoms. The summed E-state index contributed by atoms with van der Waals surface area (Å²) in [5.74, 6) is 0. The normalized spacial score (nSPS) is 19.1. The fourth-order valence-electron chi connectivity index (χ4n) is 1.85. The minimum absolute atomic E-state index is 1.38. The quantitative estimate of drug-likeness (QED) is 0.582. The van der Waals surface area contributed by atoms with Gasteiger partial charge in [0.05, 0.1) is 11.4 Å². The van der Waals surface area contributed by atoms with Crippen LogP contribution in [0.15, 0.2) is 24.3 Å². The molecule has 0 aliphatic carbocycles. The lowest BCUT2D eigenvalue weighted by atomic mass is 10.3. The average molecular weight is 192 g/mol. The maximum atomic E-state index is 2.45. The molecule has 0 spiro atoms. The zero-order valence-electron chi connectivity index (χ0n) is 8.70. The highest BCUT2D eigenvalue weighted by Gasteiger charge is 2.40. The number of benzene rings is 1. The molecule has 13 heavy (non-hydrogen) atoms. The molecule has 1 aromatic carbocycles. The van der Waals surface area contributed by atoms with Crippen molar-refractivity contribution in [3.8, 4) is 0 Å². The van der Waals surface area contributed by atoms with Crippen molar-refractivity contribution in [2.75, 3.05) is 23.2 Å². The van der Waals surface area contributed by atoms with Crippen LogP contribution in [0.25, 0.3) is 0 Å². The summed E-state index contributed by atoms with van der Waals surface area (Å²) in [6, 6.07) is 8.62.